The van der Waals surface area contributed by atoms with Gasteiger partial charge in [-0.25, -0.2) is 9.97 Å². The maximum Gasteiger partial charge on any atom is 0.171 e. The van der Waals surface area contributed by atoms with Gasteiger partial charge in [-0.15, -0.1) is 11.3 Å². The molecular formula is C8H3Br3N2S. The molecule has 72 valence electrons. The number of thiophene rings is 1. The van der Waals surface area contributed by atoms with Crippen molar-refractivity contribution >= 4 is 59.1 Å². The Balaban J connectivity index is 2.51. The van der Waals surface area contributed by atoms with Gasteiger partial charge in [-0.05, 0) is 53.9 Å². The average Bonchev–Trinajstić information content (AvgIpc) is 2.50. The predicted molar refractivity (Wildman–Crippen MR) is 68.4 cm³/mol. The Hall–Kier alpha value is 0.220. The lowest BCUT2D eigenvalue weighted by Gasteiger charge is -1.97. The van der Waals surface area contributed by atoms with Crippen molar-refractivity contribution in [2.75, 3.05) is 0 Å². The summed E-state index contributed by atoms with van der Waals surface area (Å²) in [6.45, 7) is 0. The van der Waals surface area contributed by atoms with Gasteiger partial charge in [-0.3, -0.25) is 0 Å². The van der Waals surface area contributed by atoms with Crippen molar-refractivity contribution in [2.24, 2.45) is 0 Å². The van der Waals surface area contributed by atoms with Crippen molar-refractivity contribution in [2.45, 2.75) is 0 Å². The zero-order valence-corrected chi connectivity index (χ0v) is 12.2. The molecule has 14 heavy (non-hydrogen) atoms. The van der Waals surface area contributed by atoms with Crippen LogP contribution >= 0.6 is 59.1 Å². The van der Waals surface area contributed by atoms with Crippen LogP contribution in [0.25, 0.3) is 10.7 Å². The smallest absolute Gasteiger partial charge is 0.171 e. The second-order valence-electron chi connectivity index (χ2n) is 2.47. The minimum atomic E-state index is 0.724. The van der Waals surface area contributed by atoms with Crippen LogP contribution in [0.5, 0.6) is 0 Å². The first kappa shape index (κ1) is 10.7. The van der Waals surface area contributed by atoms with E-state index in [9.17, 15) is 0 Å². The van der Waals surface area contributed by atoms with Gasteiger partial charge in [-0.1, -0.05) is 0 Å². The summed E-state index contributed by atoms with van der Waals surface area (Å²) in [4.78, 5) is 9.61. The molecule has 0 aliphatic rings. The van der Waals surface area contributed by atoms with Gasteiger partial charge in [0.2, 0.25) is 0 Å². The molecule has 2 aromatic rings. The monoisotopic (exact) mass is 396 g/mol. The summed E-state index contributed by atoms with van der Waals surface area (Å²) in [6, 6.07) is 3.81. The van der Waals surface area contributed by atoms with E-state index in [4.69, 9.17) is 0 Å². The summed E-state index contributed by atoms with van der Waals surface area (Å²) >= 11 is 11.7. The molecule has 0 spiro atoms. The highest BCUT2D eigenvalue weighted by Gasteiger charge is 2.06. The number of aromatic nitrogens is 2. The highest BCUT2D eigenvalue weighted by Crippen LogP contribution is 2.29. The fourth-order valence-electron chi connectivity index (χ4n) is 0.931. The average molecular weight is 399 g/mol. The van der Waals surface area contributed by atoms with E-state index in [0.717, 1.165) is 24.4 Å². The van der Waals surface area contributed by atoms with Crippen LogP contribution in [0, 0.1) is 0 Å². The fourth-order valence-corrected chi connectivity index (χ4v) is 3.37. The lowest BCUT2D eigenvalue weighted by Crippen LogP contribution is -1.87. The molecule has 0 fully saturated rings. The van der Waals surface area contributed by atoms with Gasteiger partial charge in [0.1, 0.15) is 9.21 Å². The summed E-state index contributed by atoms with van der Waals surface area (Å²) in [7, 11) is 0. The topological polar surface area (TPSA) is 25.8 Å². The Morgan fingerprint density at radius 1 is 1.00 bits per heavy atom. The highest BCUT2D eigenvalue weighted by atomic mass is 79.9. The van der Waals surface area contributed by atoms with Crippen LogP contribution in [0.2, 0.25) is 0 Å². The van der Waals surface area contributed by atoms with Crippen molar-refractivity contribution in [1.29, 1.82) is 0 Å². The maximum atomic E-state index is 4.28. The molecule has 0 bridgehead atoms. The lowest BCUT2D eigenvalue weighted by molar-refractivity contribution is 1.13. The first-order valence-corrected chi connectivity index (χ1v) is 6.85. The van der Waals surface area contributed by atoms with E-state index in [1.165, 1.54) is 0 Å². The van der Waals surface area contributed by atoms with Crippen molar-refractivity contribution in [3.63, 3.8) is 0 Å². The van der Waals surface area contributed by atoms with E-state index in [0.29, 0.717) is 0 Å². The number of rotatable bonds is 1. The van der Waals surface area contributed by atoms with Crippen LogP contribution in [-0.4, -0.2) is 9.97 Å². The molecule has 0 aromatic carbocycles. The van der Waals surface area contributed by atoms with E-state index >= 15 is 0 Å². The molecule has 0 amide bonds. The van der Waals surface area contributed by atoms with Gasteiger partial charge in [0.25, 0.3) is 0 Å². The number of halogens is 3. The Morgan fingerprint density at radius 3 is 2.14 bits per heavy atom. The molecule has 0 unspecified atom stereocenters. The normalized spacial score (nSPS) is 10.5. The van der Waals surface area contributed by atoms with Gasteiger partial charge in [-0.2, -0.15) is 0 Å². The van der Waals surface area contributed by atoms with Gasteiger partial charge < -0.3 is 0 Å². The Bertz CT molecular complexity index is 449. The van der Waals surface area contributed by atoms with Gasteiger partial charge in [0.15, 0.2) is 5.82 Å². The number of nitrogens with zero attached hydrogens (tertiary/aromatic N) is 2. The largest absolute Gasteiger partial charge is 0.220 e. The van der Waals surface area contributed by atoms with Crippen molar-refractivity contribution in [3.8, 4) is 10.7 Å². The zero-order valence-electron chi connectivity index (χ0n) is 6.67. The lowest BCUT2D eigenvalue weighted by atomic mass is 10.4. The van der Waals surface area contributed by atoms with Gasteiger partial charge in [0, 0.05) is 15.9 Å². The molecule has 0 saturated carbocycles. The molecule has 2 heterocycles. The number of hydrogen-bond donors (Lipinski definition) is 0. The highest BCUT2D eigenvalue weighted by molar-refractivity contribution is 9.11. The first-order chi connectivity index (χ1) is 6.65. The van der Waals surface area contributed by atoms with Crippen LogP contribution in [0.3, 0.4) is 0 Å². The molecule has 0 atom stereocenters. The van der Waals surface area contributed by atoms with Gasteiger partial charge >= 0.3 is 0 Å². The Kier molecular flexibility index (Phi) is 3.36. The Morgan fingerprint density at radius 2 is 1.64 bits per heavy atom. The molecule has 0 N–H and O–H groups in total. The summed E-state index contributed by atoms with van der Waals surface area (Å²) < 4.78 is 2.61. The van der Waals surface area contributed by atoms with Crippen LogP contribution in [0.1, 0.15) is 0 Å². The van der Waals surface area contributed by atoms with Crippen molar-refractivity contribution in [3.05, 3.63) is 31.2 Å². The molecule has 0 saturated heterocycles. The molecular weight excluding hydrogens is 396 g/mol. The van der Waals surface area contributed by atoms with Crippen LogP contribution < -0.4 is 0 Å². The van der Waals surface area contributed by atoms with E-state index in [1.54, 1.807) is 11.3 Å². The fraction of sp³-hybridized carbons (Fsp3) is 0. The molecule has 2 nitrogen and oxygen atoms in total. The Labute approximate surface area is 110 Å². The molecule has 2 rings (SSSR count). The molecule has 0 aliphatic carbocycles. The van der Waals surface area contributed by atoms with E-state index in [-0.39, 0.29) is 0 Å². The van der Waals surface area contributed by atoms with E-state index in [2.05, 4.69) is 57.8 Å². The number of hydrogen-bond acceptors (Lipinski definition) is 3. The zero-order chi connectivity index (χ0) is 10.1. The minimum Gasteiger partial charge on any atom is -0.220 e. The minimum absolute atomic E-state index is 0.724. The molecule has 6 heteroatoms. The van der Waals surface area contributed by atoms with Crippen LogP contribution in [-0.2, 0) is 0 Å². The van der Waals surface area contributed by atoms with Crippen molar-refractivity contribution < 1.29 is 0 Å². The summed E-state index contributed by atoms with van der Waals surface area (Å²) in [5.74, 6) is 0.724. The molecule has 0 radical (unpaired) electrons. The third kappa shape index (κ3) is 2.42. The standard InChI is InChI=1S/C8H3Br3N2S/c9-4-1-5(14-3-4)8-12-6(10)2-7(11)13-8/h1-3H. The molecule has 2 aromatic heterocycles. The summed E-state index contributed by atoms with van der Waals surface area (Å²) in [6.07, 6.45) is 0. The van der Waals surface area contributed by atoms with Crippen LogP contribution in [0.4, 0.5) is 0 Å². The second-order valence-corrected chi connectivity index (χ2v) is 5.92. The van der Waals surface area contributed by atoms with Crippen LogP contribution in [0.15, 0.2) is 31.2 Å². The predicted octanol–water partition coefficient (Wildman–Crippen LogP) is 4.49. The van der Waals surface area contributed by atoms with Gasteiger partial charge in [0.05, 0.1) is 4.88 Å². The summed E-state index contributed by atoms with van der Waals surface area (Å²) in [5.41, 5.74) is 0. The quantitative estimate of drug-likeness (QED) is 0.661. The SMILES string of the molecule is Brc1csc(-c2nc(Br)cc(Br)n2)c1. The third-order valence-electron chi connectivity index (χ3n) is 1.45. The first-order valence-electron chi connectivity index (χ1n) is 3.59. The maximum absolute atomic E-state index is 4.28. The van der Waals surface area contributed by atoms with Crippen molar-refractivity contribution in [1.82, 2.24) is 9.97 Å². The molecule has 0 aliphatic heterocycles. The second kappa shape index (κ2) is 4.38. The summed E-state index contributed by atoms with van der Waals surface area (Å²) in [5, 5.41) is 2.01. The third-order valence-corrected chi connectivity index (χ3v) is 3.95. The van der Waals surface area contributed by atoms with E-state index in [1.807, 2.05) is 17.5 Å². The van der Waals surface area contributed by atoms with E-state index < -0.39 is 0 Å².